The van der Waals surface area contributed by atoms with Crippen LogP contribution in [0, 0.1) is 24.2 Å². The number of nitrogens with zero attached hydrogens (tertiary/aromatic N) is 2. The molecule has 1 fully saturated rings. The molecule has 1 saturated heterocycles. The largest absolute Gasteiger partial charge is 0.469 e. The van der Waals surface area contributed by atoms with Crippen molar-refractivity contribution in [1.29, 1.82) is 5.26 Å². The van der Waals surface area contributed by atoms with Crippen molar-refractivity contribution in [3.63, 3.8) is 0 Å². The highest BCUT2D eigenvalue weighted by Crippen LogP contribution is 2.21. The van der Waals surface area contributed by atoms with E-state index in [1.54, 1.807) is 0 Å². The van der Waals surface area contributed by atoms with Crippen molar-refractivity contribution in [1.82, 2.24) is 4.90 Å². The van der Waals surface area contributed by atoms with Crippen LogP contribution in [0.1, 0.15) is 29.5 Å². The van der Waals surface area contributed by atoms with Crippen molar-refractivity contribution in [2.24, 2.45) is 5.92 Å². The second kappa shape index (κ2) is 6.53. The van der Waals surface area contributed by atoms with E-state index in [1.807, 2.05) is 25.1 Å². The zero-order valence-electron chi connectivity index (χ0n) is 12.1. The van der Waals surface area contributed by atoms with Crippen LogP contribution in [0.25, 0.3) is 0 Å². The van der Waals surface area contributed by atoms with E-state index >= 15 is 0 Å². The van der Waals surface area contributed by atoms with Crippen molar-refractivity contribution < 1.29 is 9.53 Å². The summed E-state index contributed by atoms with van der Waals surface area (Å²) in [7, 11) is 1.45. The molecule has 0 amide bonds. The number of nitriles is 1. The molecule has 1 aromatic rings. The van der Waals surface area contributed by atoms with Crippen molar-refractivity contribution in [3.8, 4) is 6.07 Å². The Morgan fingerprint density at radius 2 is 2.15 bits per heavy atom. The van der Waals surface area contributed by atoms with Gasteiger partial charge in [-0.15, -0.1) is 0 Å². The highest BCUT2D eigenvalue weighted by Gasteiger charge is 2.25. The van der Waals surface area contributed by atoms with Crippen molar-refractivity contribution in [3.05, 3.63) is 34.9 Å². The van der Waals surface area contributed by atoms with Gasteiger partial charge in [-0.3, -0.25) is 9.69 Å². The fraction of sp³-hybridized carbons (Fsp3) is 0.500. The summed E-state index contributed by atoms with van der Waals surface area (Å²) in [4.78, 5) is 13.8. The van der Waals surface area contributed by atoms with Crippen LogP contribution in [0.3, 0.4) is 0 Å². The number of esters is 1. The van der Waals surface area contributed by atoms with Crippen LogP contribution < -0.4 is 0 Å². The Bertz CT molecular complexity index is 526. The minimum Gasteiger partial charge on any atom is -0.469 e. The lowest BCUT2D eigenvalue weighted by atomic mass is 9.96. The molecule has 0 aliphatic carbocycles. The van der Waals surface area contributed by atoms with E-state index in [2.05, 4.69) is 11.0 Å². The molecule has 0 aromatic heterocycles. The van der Waals surface area contributed by atoms with Crippen LogP contribution in [0.4, 0.5) is 0 Å². The molecule has 2 rings (SSSR count). The molecule has 1 heterocycles. The van der Waals surface area contributed by atoms with E-state index in [-0.39, 0.29) is 11.9 Å². The van der Waals surface area contributed by atoms with Gasteiger partial charge in [-0.1, -0.05) is 6.07 Å². The molecule has 0 radical (unpaired) electrons. The van der Waals surface area contributed by atoms with Gasteiger partial charge in [-0.25, -0.2) is 0 Å². The lowest BCUT2D eigenvalue weighted by Gasteiger charge is -2.31. The summed E-state index contributed by atoms with van der Waals surface area (Å²) in [6, 6.07) is 7.98. The maximum absolute atomic E-state index is 11.5. The fourth-order valence-electron chi connectivity index (χ4n) is 2.68. The average Bonchev–Trinajstić information content (AvgIpc) is 2.49. The van der Waals surface area contributed by atoms with Crippen LogP contribution >= 0.6 is 0 Å². The number of likely N-dealkylation sites (tertiary alicyclic amines) is 1. The zero-order valence-corrected chi connectivity index (χ0v) is 12.1. The van der Waals surface area contributed by atoms with Crippen molar-refractivity contribution >= 4 is 5.97 Å². The van der Waals surface area contributed by atoms with Gasteiger partial charge in [-0.2, -0.15) is 5.26 Å². The van der Waals surface area contributed by atoms with Gasteiger partial charge in [-0.05, 0) is 56.1 Å². The number of benzene rings is 1. The number of hydrogen-bond acceptors (Lipinski definition) is 4. The predicted octanol–water partition coefficient (Wildman–Crippen LogP) is 2.25. The summed E-state index contributed by atoms with van der Waals surface area (Å²) in [5.74, 6) is -0.0301. The molecule has 0 N–H and O–H groups in total. The third-order valence-corrected chi connectivity index (χ3v) is 3.99. The van der Waals surface area contributed by atoms with E-state index in [4.69, 9.17) is 10.00 Å². The van der Waals surface area contributed by atoms with E-state index in [0.29, 0.717) is 5.56 Å². The van der Waals surface area contributed by atoms with Gasteiger partial charge in [0.25, 0.3) is 0 Å². The number of methoxy groups -OCH3 is 1. The number of rotatable bonds is 3. The fourth-order valence-corrected chi connectivity index (χ4v) is 2.68. The monoisotopic (exact) mass is 272 g/mol. The van der Waals surface area contributed by atoms with Crippen LogP contribution in [0.15, 0.2) is 18.2 Å². The van der Waals surface area contributed by atoms with E-state index in [0.717, 1.165) is 38.0 Å². The molecular formula is C16H20N2O2. The molecule has 20 heavy (non-hydrogen) atoms. The summed E-state index contributed by atoms with van der Waals surface area (Å²) in [5, 5.41) is 8.87. The second-order valence-electron chi connectivity index (χ2n) is 5.33. The Balaban J connectivity index is 1.93. The van der Waals surface area contributed by atoms with Crippen LogP contribution in [-0.2, 0) is 16.1 Å². The normalized spacial score (nSPS) is 16.6. The van der Waals surface area contributed by atoms with Crippen LogP contribution in [0.5, 0.6) is 0 Å². The maximum Gasteiger partial charge on any atom is 0.308 e. The quantitative estimate of drug-likeness (QED) is 0.792. The van der Waals surface area contributed by atoms with Crippen LogP contribution in [0.2, 0.25) is 0 Å². The molecule has 0 atom stereocenters. The van der Waals surface area contributed by atoms with Gasteiger partial charge in [0.1, 0.15) is 0 Å². The molecule has 0 unspecified atom stereocenters. The number of carbonyl (C=O) groups excluding carboxylic acids is 1. The number of aryl methyl sites for hydroxylation is 1. The first-order valence-electron chi connectivity index (χ1n) is 6.94. The van der Waals surface area contributed by atoms with Gasteiger partial charge in [0.2, 0.25) is 0 Å². The van der Waals surface area contributed by atoms with Crippen molar-refractivity contribution in [2.75, 3.05) is 20.2 Å². The van der Waals surface area contributed by atoms with Gasteiger partial charge in [0.15, 0.2) is 0 Å². The third-order valence-electron chi connectivity index (χ3n) is 3.99. The number of carbonyl (C=O) groups is 1. The molecule has 1 aliphatic rings. The molecule has 4 heteroatoms. The first-order valence-corrected chi connectivity index (χ1v) is 6.94. The third kappa shape index (κ3) is 3.37. The van der Waals surface area contributed by atoms with Gasteiger partial charge in [0.05, 0.1) is 24.7 Å². The smallest absolute Gasteiger partial charge is 0.308 e. The van der Waals surface area contributed by atoms with Crippen molar-refractivity contribution in [2.45, 2.75) is 26.3 Å². The summed E-state index contributed by atoms with van der Waals surface area (Å²) in [5.41, 5.74) is 3.11. The maximum atomic E-state index is 11.5. The highest BCUT2D eigenvalue weighted by atomic mass is 16.5. The predicted molar refractivity (Wildman–Crippen MR) is 75.9 cm³/mol. The lowest BCUT2D eigenvalue weighted by Crippen LogP contribution is -2.36. The van der Waals surface area contributed by atoms with Gasteiger partial charge < -0.3 is 4.74 Å². The summed E-state index contributed by atoms with van der Waals surface area (Å²) < 4.78 is 4.80. The molecule has 4 nitrogen and oxygen atoms in total. The molecule has 106 valence electrons. The molecule has 1 aliphatic heterocycles. The highest BCUT2D eigenvalue weighted by molar-refractivity contribution is 5.72. The Labute approximate surface area is 120 Å². The Morgan fingerprint density at radius 1 is 1.45 bits per heavy atom. The number of ether oxygens (including phenoxy) is 1. The summed E-state index contributed by atoms with van der Waals surface area (Å²) in [6.45, 7) is 4.75. The molecular weight excluding hydrogens is 252 g/mol. The summed E-state index contributed by atoms with van der Waals surface area (Å²) in [6.07, 6.45) is 1.73. The minimum absolute atomic E-state index is 0.0540. The standard InChI is InChI=1S/C16H20N2O2/c1-12-9-13(10-17)3-4-15(12)11-18-7-5-14(6-8-18)16(19)20-2/h3-4,9,14H,5-8,11H2,1-2H3. The van der Waals surface area contributed by atoms with E-state index in [9.17, 15) is 4.79 Å². The Morgan fingerprint density at radius 3 is 2.70 bits per heavy atom. The molecule has 0 saturated carbocycles. The minimum atomic E-state index is -0.0841. The lowest BCUT2D eigenvalue weighted by molar-refractivity contribution is -0.147. The summed E-state index contributed by atoms with van der Waals surface area (Å²) >= 11 is 0. The molecule has 0 spiro atoms. The molecule has 0 bridgehead atoms. The van der Waals surface area contributed by atoms with E-state index in [1.165, 1.54) is 12.7 Å². The Kier molecular flexibility index (Phi) is 4.75. The molecule has 1 aromatic carbocycles. The topological polar surface area (TPSA) is 53.3 Å². The van der Waals surface area contributed by atoms with E-state index < -0.39 is 0 Å². The van der Waals surface area contributed by atoms with Gasteiger partial charge >= 0.3 is 5.97 Å². The average molecular weight is 272 g/mol. The number of hydrogen-bond donors (Lipinski definition) is 0. The SMILES string of the molecule is COC(=O)C1CCN(Cc2ccc(C#N)cc2C)CC1. The van der Waals surface area contributed by atoms with Crippen LogP contribution in [-0.4, -0.2) is 31.1 Å². The first kappa shape index (κ1) is 14.5. The second-order valence-corrected chi connectivity index (χ2v) is 5.33. The van der Waals surface area contributed by atoms with Gasteiger partial charge in [0, 0.05) is 6.54 Å². The zero-order chi connectivity index (χ0) is 14.5. The number of piperidine rings is 1. The Hall–Kier alpha value is -1.86. The first-order chi connectivity index (χ1) is 9.63.